The fraction of sp³-hybridized carbons (Fsp3) is 0.619. The number of rotatable bonds is 3. The predicted octanol–water partition coefficient (Wildman–Crippen LogP) is 4.11. The number of nitrogens with one attached hydrogen (secondary N) is 1. The molecule has 130 valence electrons. The lowest BCUT2D eigenvalue weighted by atomic mass is 9.51. The molecule has 2 aromatic heterocycles. The molecular formula is C21H25N3O. The lowest BCUT2D eigenvalue weighted by Crippen LogP contribution is -2.44. The zero-order valence-corrected chi connectivity index (χ0v) is 14.5. The molecule has 0 atom stereocenters. The number of nitrogens with zero attached hydrogens (tertiary/aromatic N) is 2. The van der Waals surface area contributed by atoms with Crippen molar-refractivity contribution in [3.63, 3.8) is 0 Å². The first-order valence-corrected chi connectivity index (χ1v) is 10.0. The molecule has 0 amide bonds. The Morgan fingerprint density at radius 3 is 2.32 bits per heavy atom. The van der Waals surface area contributed by atoms with Crippen LogP contribution < -0.4 is 5.69 Å². The largest absolute Gasteiger partial charge is 0.326 e. The first-order chi connectivity index (χ1) is 12.3. The molecule has 25 heavy (non-hydrogen) atoms. The average Bonchev–Trinajstić information content (AvgIpc) is 3.38. The number of pyridine rings is 1. The summed E-state index contributed by atoms with van der Waals surface area (Å²) in [4.78, 5) is 20.8. The zero-order valence-electron chi connectivity index (χ0n) is 14.5. The molecule has 1 N–H and O–H groups in total. The number of aromatic amines is 1. The molecule has 5 aliphatic rings. The monoisotopic (exact) mass is 335 g/mol. The molecule has 0 spiro atoms. The van der Waals surface area contributed by atoms with Crippen molar-refractivity contribution in [2.45, 2.75) is 56.9 Å². The summed E-state index contributed by atoms with van der Waals surface area (Å²) in [6, 6.07) is 6.45. The maximum absolute atomic E-state index is 12.8. The van der Waals surface area contributed by atoms with Gasteiger partial charge in [0.25, 0.3) is 0 Å². The summed E-state index contributed by atoms with van der Waals surface area (Å²) in [6.07, 6.45) is 11.0. The van der Waals surface area contributed by atoms with Gasteiger partial charge in [0, 0.05) is 23.9 Å². The van der Waals surface area contributed by atoms with Gasteiger partial charge in [-0.25, -0.2) is 4.79 Å². The van der Waals surface area contributed by atoms with Crippen LogP contribution in [0.4, 0.5) is 0 Å². The highest BCUT2D eigenvalue weighted by Gasteiger charge is 2.50. The van der Waals surface area contributed by atoms with Crippen LogP contribution in [0.3, 0.4) is 0 Å². The lowest BCUT2D eigenvalue weighted by Gasteiger charge is -2.54. The third kappa shape index (κ3) is 2.12. The minimum Gasteiger partial charge on any atom is -0.309 e. The first-order valence-electron chi connectivity index (χ1n) is 10.0. The van der Waals surface area contributed by atoms with E-state index < -0.39 is 0 Å². The fourth-order valence-corrected chi connectivity index (χ4v) is 6.55. The van der Waals surface area contributed by atoms with Crippen LogP contribution in [0.5, 0.6) is 0 Å². The molecule has 0 aliphatic heterocycles. The zero-order chi connectivity index (χ0) is 16.5. The van der Waals surface area contributed by atoms with E-state index in [2.05, 4.69) is 16.0 Å². The van der Waals surface area contributed by atoms with Crippen LogP contribution in [-0.2, 0) is 0 Å². The molecular weight excluding hydrogens is 310 g/mol. The molecule has 5 fully saturated rings. The van der Waals surface area contributed by atoms with Crippen LogP contribution in [0.1, 0.15) is 62.6 Å². The Morgan fingerprint density at radius 2 is 1.72 bits per heavy atom. The SMILES string of the molecule is O=c1[nH]c(C2C3CC4CC(C3)CC2C4)c(-c2ccccn2)n1C1CC1. The Bertz CT molecular complexity index is 833. The summed E-state index contributed by atoms with van der Waals surface area (Å²) >= 11 is 0. The Morgan fingerprint density at radius 1 is 1.00 bits per heavy atom. The fourth-order valence-electron chi connectivity index (χ4n) is 6.55. The molecule has 0 unspecified atom stereocenters. The molecule has 2 aromatic rings. The van der Waals surface area contributed by atoms with Crippen molar-refractivity contribution in [3.05, 3.63) is 40.6 Å². The lowest BCUT2D eigenvalue weighted by molar-refractivity contribution is -0.00390. The van der Waals surface area contributed by atoms with E-state index in [9.17, 15) is 4.79 Å². The second-order valence-corrected chi connectivity index (χ2v) is 8.97. The van der Waals surface area contributed by atoms with Gasteiger partial charge in [-0.1, -0.05) is 6.07 Å². The number of aromatic nitrogens is 3. The highest BCUT2D eigenvalue weighted by Crippen LogP contribution is 2.60. The quantitative estimate of drug-likeness (QED) is 0.917. The van der Waals surface area contributed by atoms with Crippen LogP contribution in [0, 0.1) is 23.7 Å². The highest BCUT2D eigenvalue weighted by molar-refractivity contribution is 5.59. The van der Waals surface area contributed by atoms with E-state index in [4.69, 9.17) is 0 Å². The standard InChI is InChI=1S/C21H25N3O/c25-21-23-19(18-14-8-12-7-13(10-14)11-15(18)9-12)20(24(21)16-4-5-16)17-3-1-2-6-22-17/h1-3,6,12-16,18H,4-5,7-11H2,(H,23,25). The van der Waals surface area contributed by atoms with Crippen molar-refractivity contribution in [3.8, 4) is 11.4 Å². The smallest absolute Gasteiger partial charge is 0.309 e. The number of hydrogen-bond donors (Lipinski definition) is 1. The summed E-state index contributed by atoms with van der Waals surface area (Å²) in [7, 11) is 0. The van der Waals surface area contributed by atoms with Crippen LogP contribution in [0.2, 0.25) is 0 Å². The maximum Gasteiger partial charge on any atom is 0.326 e. The van der Waals surface area contributed by atoms with Crippen LogP contribution >= 0.6 is 0 Å². The van der Waals surface area contributed by atoms with E-state index in [1.165, 1.54) is 37.8 Å². The average molecular weight is 335 g/mol. The number of H-pyrrole nitrogens is 1. The molecule has 0 saturated heterocycles. The second kappa shape index (κ2) is 5.09. The first kappa shape index (κ1) is 14.3. The van der Waals surface area contributed by atoms with E-state index in [-0.39, 0.29) is 5.69 Å². The predicted molar refractivity (Wildman–Crippen MR) is 96.3 cm³/mol. The molecule has 5 aliphatic carbocycles. The van der Waals surface area contributed by atoms with Gasteiger partial charge in [0.05, 0.1) is 11.4 Å². The third-order valence-corrected chi connectivity index (χ3v) is 7.34. The molecule has 4 bridgehead atoms. The van der Waals surface area contributed by atoms with E-state index in [1.54, 1.807) is 0 Å². The molecule has 0 aromatic carbocycles. The Hall–Kier alpha value is -1.84. The van der Waals surface area contributed by atoms with Crippen LogP contribution in [-0.4, -0.2) is 14.5 Å². The van der Waals surface area contributed by atoms with Gasteiger partial charge in [-0.2, -0.15) is 0 Å². The third-order valence-electron chi connectivity index (χ3n) is 7.34. The van der Waals surface area contributed by atoms with Gasteiger partial charge in [0.2, 0.25) is 0 Å². The van der Waals surface area contributed by atoms with Gasteiger partial charge in [0.1, 0.15) is 0 Å². The molecule has 5 saturated carbocycles. The van der Waals surface area contributed by atoms with Crippen molar-refractivity contribution >= 4 is 0 Å². The van der Waals surface area contributed by atoms with E-state index in [0.29, 0.717) is 12.0 Å². The van der Waals surface area contributed by atoms with Crippen molar-refractivity contribution in [2.75, 3.05) is 0 Å². The van der Waals surface area contributed by atoms with Crippen LogP contribution in [0.25, 0.3) is 11.4 Å². The summed E-state index contributed by atoms with van der Waals surface area (Å²) < 4.78 is 2.03. The van der Waals surface area contributed by atoms with E-state index in [0.717, 1.165) is 47.9 Å². The Balaban J connectivity index is 1.52. The number of hydrogen-bond acceptors (Lipinski definition) is 2. The normalized spacial score (nSPS) is 36.1. The van der Waals surface area contributed by atoms with Gasteiger partial charge >= 0.3 is 5.69 Å². The second-order valence-electron chi connectivity index (χ2n) is 8.97. The molecule has 0 radical (unpaired) electrons. The van der Waals surface area contributed by atoms with Crippen molar-refractivity contribution in [1.29, 1.82) is 0 Å². The minimum atomic E-state index is 0.0898. The summed E-state index contributed by atoms with van der Waals surface area (Å²) in [5, 5.41) is 0. The summed E-state index contributed by atoms with van der Waals surface area (Å²) in [5.74, 6) is 3.98. The van der Waals surface area contributed by atoms with Crippen molar-refractivity contribution in [1.82, 2.24) is 14.5 Å². The number of imidazole rings is 1. The van der Waals surface area contributed by atoms with Gasteiger partial charge in [-0.05, 0) is 80.8 Å². The Kier molecular flexibility index (Phi) is 2.92. The van der Waals surface area contributed by atoms with Crippen molar-refractivity contribution < 1.29 is 0 Å². The van der Waals surface area contributed by atoms with Gasteiger partial charge in [-0.3, -0.25) is 9.55 Å². The minimum absolute atomic E-state index is 0.0898. The maximum atomic E-state index is 12.8. The molecule has 4 heteroatoms. The topological polar surface area (TPSA) is 50.7 Å². The van der Waals surface area contributed by atoms with Crippen molar-refractivity contribution in [2.24, 2.45) is 23.7 Å². The Labute approximate surface area is 147 Å². The summed E-state index contributed by atoms with van der Waals surface area (Å²) in [5.41, 5.74) is 3.37. The van der Waals surface area contributed by atoms with Gasteiger partial charge in [-0.15, -0.1) is 0 Å². The van der Waals surface area contributed by atoms with Gasteiger partial charge < -0.3 is 4.98 Å². The highest BCUT2D eigenvalue weighted by atomic mass is 16.1. The van der Waals surface area contributed by atoms with Crippen LogP contribution in [0.15, 0.2) is 29.2 Å². The van der Waals surface area contributed by atoms with E-state index in [1.807, 2.05) is 22.9 Å². The summed E-state index contributed by atoms with van der Waals surface area (Å²) in [6.45, 7) is 0. The van der Waals surface area contributed by atoms with E-state index >= 15 is 0 Å². The molecule has 4 nitrogen and oxygen atoms in total. The van der Waals surface area contributed by atoms with Gasteiger partial charge in [0.15, 0.2) is 0 Å². The molecule has 2 heterocycles. The molecule has 7 rings (SSSR count).